The van der Waals surface area contributed by atoms with Gasteiger partial charge in [-0.15, -0.1) is 4.73 Å². The summed E-state index contributed by atoms with van der Waals surface area (Å²) >= 11 is 0. The molecule has 1 rings (SSSR count). The van der Waals surface area contributed by atoms with Gasteiger partial charge in [0.2, 0.25) is 11.8 Å². The fourth-order valence-electron chi connectivity index (χ4n) is 1.54. The minimum atomic E-state index is -0.821. The van der Waals surface area contributed by atoms with Crippen LogP contribution in [0.15, 0.2) is 12.1 Å². The van der Waals surface area contributed by atoms with Gasteiger partial charge in [0, 0.05) is 25.0 Å². The van der Waals surface area contributed by atoms with E-state index in [1.54, 1.807) is 0 Å². The van der Waals surface area contributed by atoms with Crippen LogP contribution >= 0.6 is 0 Å². The van der Waals surface area contributed by atoms with Crippen LogP contribution in [-0.4, -0.2) is 32.0 Å². The molecule has 7 nitrogen and oxygen atoms in total. The lowest BCUT2D eigenvalue weighted by atomic mass is 10.1. The van der Waals surface area contributed by atoms with Crippen molar-refractivity contribution in [2.75, 3.05) is 0 Å². The highest BCUT2D eigenvalue weighted by atomic mass is 16.7. The second-order valence-electron chi connectivity index (χ2n) is 4.12. The zero-order valence-corrected chi connectivity index (χ0v) is 10.4. The van der Waals surface area contributed by atoms with Gasteiger partial charge >= 0.3 is 11.9 Å². The Balaban J connectivity index is 2.17. The zero-order valence-electron chi connectivity index (χ0n) is 10.4. The third-order valence-electron chi connectivity index (χ3n) is 2.51. The van der Waals surface area contributed by atoms with Gasteiger partial charge in [-0.2, -0.15) is 0 Å². The fraction of sp³-hybridized carbons (Fsp3) is 0.500. The van der Waals surface area contributed by atoms with Gasteiger partial charge in [0.15, 0.2) is 0 Å². The number of carbonyl (C=O) groups excluding carboxylic acids is 1. The SMILES string of the molecule is O=C(O)CCCCCCC(=O)On1c(O)ccc1O. The van der Waals surface area contributed by atoms with E-state index in [2.05, 4.69) is 0 Å². The maximum absolute atomic E-state index is 11.4. The van der Waals surface area contributed by atoms with E-state index in [0.29, 0.717) is 17.6 Å². The van der Waals surface area contributed by atoms with Gasteiger partial charge in [0.1, 0.15) is 0 Å². The predicted molar refractivity (Wildman–Crippen MR) is 64.7 cm³/mol. The Morgan fingerprint density at radius 1 is 1.00 bits per heavy atom. The van der Waals surface area contributed by atoms with Crippen LogP contribution in [0.2, 0.25) is 0 Å². The van der Waals surface area contributed by atoms with Crippen molar-refractivity contribution in [1.29, 1.82) is 0 Å². The quantitative estimate of drug-likeness (QED) is 0.614. The Labute approximate surface area is 110 Å². The number of carboxylic acids is 1. The van der Waals surface area contributed by atoms with Crippen LogP contribution in [0, 0.1) is 0 Å². The number of nitrogens with zero attached hydrogens (tertiary/aromatic N) is 1. The molecule has 0 unspecified atom stereocenters. The smallest absolute Gasteiger partial charge is 0.333 e. The van der Waals surface area contributed by atoms with E-state index < -0.39 is 11.9 Å². The molecule has 1 aromatic heterocycles. The standard InChI is InChI=1S/C12H17NO6/c14-9-7-8-10(15)13(9)19-12(18)6-4-2-1-3-5-11(16)17/h7-8,14-15H,1-6H2,(H,16,17). The number of carbonyl (C=O) groups is 2. The summed E-state index contributed by atoms with van der Waals surface area (Å²) in [6.07, 6.45) is 2.90. The highest BCUT2D eigenvalue weighted by Crippen LogP contribution is 2.19. The Hall–Kier alpha value is -2.18. The van der Waals surface area contributed by atoms with E-state index in [-0.39, 0.29) is 24.6 Å². The summed E-state index contributed by atoms with van der Waals surface area (Å²) in [6, 6.07) is 2.41. The van der Waals surface area contributed by atoms with Crippen LogP contribution in [0.3, 0.4) is 0 Å². The molecule has 0 saturated heterocycles. The van der Waals surface area contributed by atoms with Gasteiger partial charge in [0.05, 0.1) is 0 Å². The van der Waals surface area contributed by atoms with Crippen LogP contribution in [0.4, 0.5) is 0 Å². The van der Waals surface area contributed by atoms with E-state index in [1.807, 2.05) is 0 Å². The molecular formula is C12H17NO6. The van der Waals surface area contributed by atoms with Crippen molar-refractivity contribution in [2.24, 2.45) is 0 Å². The molecule has 1 heterocycles. The molecule has 19 heavy (non-hydrogen) atoms. The topological polar surface area (TPSA) is 109 Å². The highest BCUT2D eigenvalue weighted by Gasteiger charge is 2.11. The van der Waals surface area contributed by atoms with Gasteiger partial charge < -0.3 is 20.2 Å². The summed E-state index contributed by atoms with van der Waals surface area (Å²) in [6.45, 7) is 0. The number of aromatic hydroxyl groups is 2. The molecule has 0 spiro atoms. The van der Waals surface area contributed by atoms with Crippen molar-refractivity contribution < 1.29 is 29.7 Å². The Morgan fingerprint density at radius 3 is 2.05 bits per heavy atom. The van der Waals surface area contributed by atoms with Gasteiger partial charge in [-0.1, -0.05) is 12.8 Å². The van der Waals surface area contributed by atoms with Gasteiger partial charge in [0.25, 0.3) is 0 Å². The second kappa shape index (κ2) is 7.30. The summed E-state index contributed by atoms with van der Waals surface area (Å²) in [5, 5.41) is 26.9. The maximum atomic E-state index is 11.4. The van der Waals surface area contributed by atoms with Crippen molar-refractivity contribution in [1.82, 2.24) is 4.73 Å². The Bertz CT molecular complexity index is 420. The number of hydrogen-bond donors (Lipinski definition) is 3. The molecule has 0 bridgehead atoms. The zero-order chi connectivity index (χ0) is 14.3. The normalized spacial score (nSPS) is 10.3. The van der Waals surface area contributed by atoms with E-state index in [4.69, 9.17) is 9.94 Å². The number of unbranched alkanes of at least 4 members (excludes halogenated alkanes) is 3. The van der Waals surface area contributed by atoms with Crippen molar-refractivity contribution >= 4 is 11.9 Å². The molecule has 0 aromatic carbocycles. The molecule has 0 saturated carbocycles. The first-order chi connectivity index (χ1) is 9.00. The molecule has 0 amide bonds. The molecule has 0 aliphatic carbocycles. The van der Waals surface area contributed by atoms with E-state index >= 15 is 0 Å². The average Bonchev–Trinajstić information content (AvgIpc) is 2.65. The van der Waals surface area contributed by atoms with Crippen LogP contribution in [0.1, 0.15) is 38.5 Å². The van der Waals surface area contributed by atoms with Crippen LogP contribution in [0.25, 0.3) is 0 Å². The monoisotopic (exact) mass is 271 g/mol. The van der Waals surface area contributed by atoms with Gasteiger partial charge in [-0.3, -0.25) is 4.79 Å². The average molecular weight is 271 g/mol. The first-order valence-electron chi connectivity index (χ1n) is 6.03. The van der Waals surface area contributed by atoms with E-state index in [1.165, 1.54) is 12.1 Å². The summed E-state index contributed by atoms with van der Waals surface area (Å²) in [5.41, 5.74) is 0. The van der Waals surface area contributed by atoms with Crippen LogP contribution in [0.5, 0.6) is 11.8 Å². The minimum absolute atomic E-state index is 0.134. The second-order valence-corrected chi connectivity index (χ2v) is 4.12. The van der Waals surface area contributed by atoms with Crippen LogP contribution < -0.4 is 4.84 Å². The van der Waals surface area contributed by atoms with E-state index in [0.717, 1.165) is 12.8 Å². The maximum Gasteiger partial charge on any atom is 0.333 e. The summed E-state index contributed by atoms with van der Waals surface area (Å²) in [7, 11) is 0. The summed E-state index contributed by atoms with van der Waals surface area (Å²) in [4.78, 5) is 26.4. The van der Waals surface area contributed by atoms with Crippen molar-refractivity contribution in [3.63, 3.8) is 0 Å². The van der Waals surface area contributed by atoms with Gasteiger partial charge in [-0.25, -0.2) is 4.79 Å². The molecule has 0 radical (unpaired) electrons. The molecular weight excluding hydrogens is 254 g/mol. The molecule has 1 aromatic rings. The van der Waals surface area contributed by atoms with Gasteiger partial charge in [-0.05, 0) is 12.8 Å². The molecule has 0 aliphatic rings. The molecule has 0 atom stereocenters. The first kappa shape index (κ1) is 14.9. The molecule has 0 fully saturated rings. The summed E-state index contributed by atoms with van der Waals surface area (Å²) in [5.74, 6) is -2.10. The Kier molecular flexibility index (Phi) is 5.72. The molecule has 7 heteroatoms. The number of aromatic nitrogens is 1. The first-order valence-corrected chi connectivity index (χ1v) is 6.03. The lowest BCUT2D eigenvalue weighted by Crippen LogP contribution is -2.18. The number of hydrogen-bond acceptors (Lipinski definition) is 5. The van der Waals surface area contributed by atoms with Crippen molar-refractivity contribution in [3.8, 4) is 11.8 Å². The minimum Gasteiger partial charge on any atom is -0.492 e. The van der Waals surface area contributed by atoms with Crippen molar-refractivity contribution in [2.45, 2.75) is 38.5 Å². The van der Waals surface area contributed by atoms with Crippen LogP contribution in [-0.2, 0) is 9.59 Å². The third-order valence-corrected chi connectivity index (χ3v) is 2.51. The summed E-state index contributed by atoms with van der Waals surface area (Å²) < 4.78 is 0.646. The van der Waals surface area contributed by atoms with Crippen molar-refractivity contribution in [3.05, 3.63) is 12.1 Å². The molecule has 3 N–H and O–H groups in total. The molecule has 0 aliphatic heterocycles. The third kappa shape index (κ3) is 5.33. The Morgan fingerprint density at radius 2 is 1.53 bits per heavy atom. The molecule has 106 valence electrons. The number of aliphatic carboxylic acids is 1. The largest absolute Gasteiger partial charge is 0.492 e. The predicted octanol–water partition coefficient (Wildman–Crippen LogP) is 1.28. The number of rotatable bonds is 8. The fourth-order valence-corrected chi connectivity index (χ4v) is 1.54. The lowest BCUT2D eigenvalue weighted by molar-refractivity contribution is -0.145. The van der Waals surface area contributed by atoms with E-state index in [9.17, 15) is 19.8 Å². The lowest BCUT2D eigenvalue weighted by Gasteiger charge is -2.06. The highest BCUT2D eigenvalue weighted by molar-refractivity contribution is 5.69. The number of carboxylic acid groups (broad SMARTS) is 1.